The molecular weight excluding hydrogens is 345 g/mol. The monoisotopic (exact) mass is 359 g/mol. The van der Waals surface area contributed by atoms with Crippen LogP contribution in [0.2, 0.25) is 0 Å². The minimum atomic E-state index is -0.314. The molecule has 25 heavy (non-hydrogen) atoms. The lowest BCUT2D eigenvalue weighted by molar-refractivity contribution is 0.0689. The maximum atomic E-state index is 13.0. The van der Waals surface area contributed by atoms with Crippen LogP contribution in [0.1, 0.15) is 35.1 Å². The molecule has 4 rings (SSSR count). The van der Waals surface area contributed by atoms with Crippen LogP contribution in [-0.2, 0) is 0 Å². The summed E-state index contributed by atoms with van der Waals surface area (Å²) in [6, 6.07) is 5.92. The number of piperidine rings is 1. The summed E-state index contributed by atoms with van der Waals surface area (Å²) in [4.78, 5) is 18.6. The molecule has 1 aliphatic rings. The number of aromatic nitrogens is 4. The third-order valence-electron chi connectivity index (χ3n) is 4.18. The lowest BCUT2D eigenvalue weighted by atomic mass is 9.97. The molecule has 3 aromatic rings. The topological polar surface area (TPSA) is 85.0 Å². The third-order valence-corrected chi connectivity index (χ3v) is 4.69. The Morgan fingerprint density at radius 2 is 2.16 bits per heavy atom. The van der Waals surface area contributed by atoms with Crippen molar-refractivity contribution in [1.82, 2.24) is 24.6 Å². The van der Waals surface area contributed by atoms with Crippen molar-refractivity contribution in [3.63, 3.8) is 0 Å². The number of rotatable bonds is 3. The predicted octanol–water partition coefficient (Wildman–Crippen LogP) is 2.75. The Bertz CT molecular complexity index is 865. The number of amides is 1. The third kappa shape index (κ3) is 3.27. The van der Waals surface area contributed by atoms with Gasteiger partial charge in [0.05, 0.1) is 5.92 Å². The summed E-state index contributed by atoms with van der Waals surface area (Å²) in [6.07, 6.45) is 1.71. The summed E-state index contributed by atoms with van der Waals surface area (Å²) in [5.41, 5.74) is 1.05. The number of hydrogen-bond acceptors (Lipinski definition) is 7. The van der Waals surface area contributed by atoms with Crippen LogP contribution in [0.5, 0.6) is 0 Å². The van der Waals surface area contributed by atoms with Crippen molar-refractivity contribution in [3.8, 4) is 11.4 Å². The van der Waals surface area contributed by atoms with E-state index in [9.17, 15) is 9.18 Å². The highest BCUT2D eigenvalue weighted by atomic mass is 32.1. The van der Waals surface area contributed by atoms with Gasteiger partial charge in [0.25, 0.3) is 5.91 Å². The molecule has 1 atom stereocenters. The molecule has 1 unspecified atom stereocenters. The molecule has 7 nitrogen and oxygen atoms in total. The molecule has 1 saturated heterocycles. The zero-order chi connectivity index (χ0) is 17.2. The van der Waals surface area contributed by atoms with Gasteiger partial charge in [0.1, 0.15) is 5.82 Å². The Morgan fingerprint density at radius 3 is 2.92 bits per heavy atom. The van der Waals surface area contributed by atoms with E-state index >= 15 is 0 Å². The van der Waals surface area contributed by atoms with Crippen LogP contribution in [-0.4, -0.2) is 43.6 Å². The van der Waals surface area contributed by atoms with Crippen molar-refractivity contribution in [2.45, 2.75) is 18.8 Å². The average molecular weight is 359 g/mol. The van der Waals surface area contributed by atoms with Crippen molar-refractivity contribution in [3.05, 3.63) is 47.0 Å². The summed E-state index contributed by atoms with van der Waals surface area (Å²) in [6.45, 7) is 1.17. The van der Waals surface area contributed by atoms with Crippen molar-refractivity contribution in [2.24, 2.45) is 0 Å². The van der Waals surface area contributed by atoms with Gasteiger partial charge in [-0.25, -0.2) is 4.39 Å². The lowest BCUT2D eigenvalue weighted by Crippen LogP contribution is -2.39. The molecule has 1 amide bonds. The highest BCUT2D eigenvalue weighted by molar-refractivity contribution is 7.03. The molecule has 1 fully saturated rings. The van der Waals surface area contributed by atoms with Crippen LogP contribution < -0.4 is 0 Å². The van der Waals surface area contributed by atoms with Crippen molar-refractivity contribution in [1.29, 1.82) is 0 Å². The Hall–Kier alpha value is -2.68. The minimum Gasteiger partial charge on any atom is -0.339 e. The maximum absolute atomic E-state index is 13.0. The van der Waals surface area contributed by atoms with Crippen molar-refractivity contribution >= 4 is 17.4 Å². The summed E-state index contributed by atoms with van der Waals surface area (Å²) in [5, 5.41) is 9.46. The summed E-state index contributed by atoms with van der Waals surface area (Å²) in [7, 11) is 0. The molecule has 2 aromatic heterocycles. The van der Waals surface area contributed by atoms with Gasteiger partial charge in [-0.1, -0.05) is 9.64 Å². The smallest absolute Gasteiger partial charge is 0.275 e. The van der Waals surface area contributed by atoms with Gasteiger partial charge in [-0.2, -0.15) is 4.98 Å². The van der Waals surface area contributed by atoms with Crippen LogP contribution in [0.25, 0.3) is 11.4 Å². The van der Waals surface area contributed by atoms with E-state index in [-0.39, 0.29) is 17.6 Å². The Balaban J connectivity index is 1.50. The second-order valence-electron chi connectivity index (χ2n) is 5.84. The molecule has 9 heteroatoms. The van der Waals surface area contributed by atoms with E-state index in [2.05, 4.69) is 19.7 Å². The van der Waals surface area contributed by atoms with E-state index in [0.29, 0.717) is 36.1 Å². The number of carbonyl (C=O) groups is 1. The van der Waals surface area contributed by atoms with Crippen LogP contribution >= 0.6 is 11.5 Å². The van der Waals surface area contributed by atoms with E-state index in [4.69, 9.17) is 4.52 Å². The molecule has 0 radical (unpaired) electrons. The first-order valence-electron chi connectivity index (χ1n) is 7.86. The largest absolute Gasteiger partial charge is 0.339 e. The molecule has 1 aromatic carbocycles. The predicted molar refractivity (Wildman–Crippen MR) is 87.5 cm³/mol. The number of hydrogen-bond donors (Lipinski definition) is 0. The first kappa shape index (κ1) is 15.8. The summed E-state index contributed by atoms with van der Waals surface area (Å²) >= 11 is 1.15. The first-order chi connectivity index (χ1) is 12.2. The van der Waals surface area contributed by atoms with Crippen molar-refractivity contribution in [2.75, 3.05) is 13.1 Å². The molecule has 0 bridgehead atoms. The number of carbonyl (C=O) groups excluding carboxylic acids is 1. The van der Waals surface area contributed by atoms with Gasteiger partial charge in [0.15, 0.2) is 5.69 Å². The molecular formula is C16H14FN5O2S. The van der Waals surface area contributed by atoms with Crippen molar-refractivity contribution < 1.29 is 13.7 Å². The molecule has 0 aliphatic carbocycles. The molecule has 0 N–H and O–H groups in total. The maximum Gasteiger partial charge on any atom is 0.275 e. The molecule has 0 saturated carbocycles. The average Bonchev–Trinajstić information content (AvgIpc) is 3.34. The number of likely N-dealkylation sites (tertiary alicyclic amines) is 1. The van der Waals surface area contributed by atoms with E-state index < -0.39 is 0 Å². The Labute approximate surface area is 146 Å². The zero-order valence-electron chi connectivity index (χ0n) is 13.1. The fourth-order valence-corrected chi connectivity index (χ4v) is 3.33. The van der Waals surface area contributed by atoms with Gasteiger partial charge in [-0.05, 0) is 48.6 Å². The fourth-order valence-electron chi connectivity index (χ4n) is 2.90. The van der Waals surface area contributed by atoms with Crippen LogP contribution in [0.3, 0.4) is 0 Å². The normalized spacial score (nSPS) is 17.6. The Morgan fingerprint density at radius 1 is 1.32 bits per heavy atom. The van der Waals surface area contributed by atoms with Gasteiger partial charge in [0, 0.05) is 24.0 Å². The number of benzene rings is 1. The van der Waals surface area contributed by atoms with E-state index in [1.807, 2.05) is 0 Å². The number of halogens is 1. The molecule has 1 aliphatic heterocycles. The van der Waals surface area contributed by atoms with E-state index in [1.165, 1.54) is 12.1 Å². The molecule has 3 heterocycles. The second-order valence-corrected chi connectivity index (χ2v) is 6.45. The quantitative estimate of drug-likeness (QED) is 0.715. The van der Waals surface area contributed by atoms with Crippen LogP contribution in [0.15, 0.2) is 34.2 Å². The summed E-state index contributed by atoms with van der Waals surface area (Å²) < 4.78 is 22.1. The van der Waals surface area contributed by atoms with Gasteiger partial charge >= 0.3 is 0 Å². The van der Waals surface area contributed by atoms with E-state index in [1.54, 1.807) is 22.4 Å². The minimum absolute atomic E-state index is 0.0222. The van der Waals surface area contributed by atoms with Gasteiger partial charge in [-0.15, -0.1) is 5.10 Å². The van der Waals surface area contributed by atoms with Crippen LogP contribution in [0, 0.1) is 5.82 Å². The SMILES string of the molecule is O=C(c1csnn1)N1CCCC(c2nc(-c3ccc(F)cc3)no2)C1. The molecule has 0 spiro atoms. The van der Waals surface area contributed by atoms with Crippen LogP contribution in [0.4, 0.5) is 4.39 Å². The van der Waals surface area contributed by atoms with E-state index in [0.717, 1.165) is 24.4 Å². The Kier molecular flexibility index (Phi) is 4.22. The lowest BCUT2D eigenvalue weighted by Gasteiger charge is -2.30. The van der Waals surface area contributed by atoms with Gasteiger partial charge in [-0.3, -0.25) is 4.79 Å². The zero-order valence-corrected chi connectivity index (χ0v) is 13.9. The fraction of sp³-hybridized carbons (Fsp3) is 0.312. The number of nitrogens with zero attached hydrogens (tertiary/aromatic N) is 5. The molecule has 128 valence electrons. The standard InChI is InChI=1S/C16H14FN5O2S/c17-12-5-3-10(4-6-12)14-18-15(24-20-14)11-2-1-7-22(8-11)16(23)13-9-25-21-19-13/h3-6,9,11H,1-2,7-8H2. The second kappa shape index (κ2) is 6.67. The highest BCUT2D eigenvalue weighted by Gasteiger charge is 2.30. The van der Waals surface area contributed by atoms with Gasteiger partial charge < -0.3 is 9.42 Å². The summed E-state index contributed by atoms with van der Waals surface area (Å²) in [5.74, 6) is 0.448. The first-order valence-corrected chi connectivity index (χ1v) is 8.70. The highest BCUT2D eigenvalue weighted by Crippen LogP contribution is 2.28. The van der Waals surface area contributed by atoms with Gasteiger partial charge in [0.2, 0.25) is 11.7 Å².